The minimum Gasteiger partial charge on any atom is -0.504 e. The van der Waals surface area contributed by atoms with E-state index in [1.165, 1.54) is 29.1 Å². The first-order chi connectivity index (χ1) is 16.9. The van der Waals surface area contributed by atoms with Crippen molar-refractivity contribution in [3.8, 4) is 23.0 Å². The fourth-order valence-electron chi connectivity index (χ4n) is 4.14. The van der Waals surface area contributed by atoms with Gasteiger partial charge in [-0.15, -0.1) is 0 Å². The Bertz CT molecular complexity index is 1550. The zero-order valence-corrected chi connectivity index (χ0v) is 20.0. The number of carbonyl (C=O) groups is 1. The number of carbonyl (C=O) groups excluding carboxylic acids is 1. The van der Waals surface area contributed by atoms with Crippen molar-refractivity contribution in [2.24, 2.45) is 4.99 Å². The highest BCUT2D eigenvalue weighted by molar-refractivity contribution is 7.07. The highest BCUT2D eigenvalue weighted by atomic mass is 32.1. The number of esters is 1. The highest BCUT2D eigenvalue weighted by Crippen LogP contribution is 2.38. The number of nitrogens with zero attached hydrogens (tertiary/aromatic N) is 2. The SMILES string of the molecule is CCOC(=O)C1=C(C)N=c2s/c(=C/c3ccc(OC)c(O)c3)c(=O)n2C1c1ccc2c(c1)OCO2. The molecule has 1 unspecified atom stereocenters. The first-order valence-corrected chi connectivity index (χ1v) is 11.7. The van der Waals surface area contributed by atoms with E-state index in [-0.39, 0.29) is 30.3 Å². The molecule has 0 saturated carbocycles. The fraction of sp³-hybridized carbons (Fsp3) is 0.240. The van der Waals surface area contributed by atoms with E-state index in [2.05, 4.69) is 4.99 Å². The molecule has 0 bridgehead atoms. The molecule has 2 aromatic carbocycles. The molecule has 0 saturated heterocycles. The average molecular weight is 495 g/mol. The molecule has 180 valence electrons. The summed E-state index contributed by atoms with van der Waals surface area (Å²) in [5.74, 6) is 0.898. The summed E-state index contributed by atoms with van der Waals surface area (Å²) in [6.07, 6.45) is 1.67. The van der Waals surface area contributed by atoms with E-state index < -0.39 is 12.0 Å². The molecule has 9 nitrogen and oxygen atoms in total. The van der Waals surface area contributed by atoms with Crippen LogP contribution in [0.5, 0.6) is 23.0 Å². The number of thiazole rings is 1. The Labute approximate surface area is 203 Å². The molecule has 0 aliphatic carbocycles. The van der Waals surface area contributed by atoms with Crippen molar-refractivity contribution in [2.45, 2.75) is 19.9 Å². The molecule has 2 aliphatic rings. The number of benzene rings is 2. The van der Waals surface area contributed by atoms with Crippen molar-refractivity contribution >= 4 is 23.4 Å². The summed E-state index contributed by atoms with van der Waals surface area (Å²) in [5.41, 5.74) is 1.73. The first kappa shape index (κ1) is 22.7. The molecular weight excluding hydrogens is 472 g/mol. The second-order valence-corrected chi connectivity index (χ2v) is 8.86. The minimum absolute atomic E-state index is 0.0345. The number of hydrogen-bond acceptors (Lipinski definition) is 9. The van der Waals surface area contributed by atoms with Gasteiger partial charge in [-0.1, -0.05) is 23.5 Å². The number of hydrogen-bond donors (Lipinski definition) is 1. The van der Waals surface area contributed by atoms with Crippen LogP contribution < -0.4 is 29.1 Å². The van der Waals surface area contributed by atoms with Crippen molar-refractivity contribution in [3.63, 3.8) is 0 Å². The Morgan fingerprint density at radius 3 is 2.80 bits per heavy atom. The lowest BCUT2D eigenvalue weighted by Gasteiger charge is -2.24. The summed E-state index contributed by atoms with van der Waals surface area (Å²) in [6.45, 7) is 3.75. The Hall–Kier alpha value is -4.05. The predicted octanol–water partition coefficient (Wildman–Crippen LogP) is 2.24. The van der Waals surface area contributed by atoms with Gasteiger partial charge in [-0.3, -0.25) is 9.36 Å². The summed E-state index contributed by atoms with van der Waals surface area (Å²) < 4.78 is 23.3. The molecule has 5 rings (SSSR count). The number of rotatable bonds is 5. The second kappa shape index (κ2) is 8.95. The average Bonchev–Trinajstić information content (AvgIpc) is 3.42. The van der Waals surface area contributed by atoms with Gasteiger partial charge in [0.15, 0.2) is 27.8 Å². The normalized spacial score (nSPS) is 16.7. The van der Waals surface area contributed by atoms with Gasteiger partial charge in [0.1, 0.15) is 0 Å². The van der Waals surface area contributed by atoms with Crippen molar-refractivity contribution in [2.75, 3.05) is 20.5 Å². The third kappa shape index (κ3) is 3.95. The maximum atomic E-state index is 13.6. The number of methoxy groups -OCH3 is 1. The number of phenolic OH excluding ortho intramolecular Hbond substituents is 1. The summed E-state index contributed by atoms with van der Waals surface area (Å²) in [5, 5.41) is 10.1. The molecule has 3 aromatic rings. The number of aromatic nitrogens is 1. The lowest BCUT2D eigenvalue weighted by Crippen LogP contribution is -2.39. The van der Waals surface area contributed by atoms with Gasteiger partial charge in [-0.25, -0.2) is 9.79 Å². The van der Waals surface area contributed by atoms with Gasteiger partial charge < -0.3 is 24.1 Å². The Morgan fingerprint density at radius 2 is 2.06 bits per heavy atom. The van der Waals surface area contributed by atoms with Gasteiger partial charge in [-0.2, -0.15) is 0 Å². The monoisotopic (exact) mass is 494 g/mol. The maximum Gasteiger partial charge on any atom is 0.338 e. The molecule has 3 heterocycles. The molecule has 35 heavy (non-hydrogen) atoms. The van der Waals surface area contributed by atoms with Crippen LogP contribution in [0.1, 0.15) is 31.0 Å². The number of ether oxygens (including phenoxy) is 4. The van der Waals surface area contributed by atoms with E-state index >= 15 is 0 Å². The van der Waals surface area contributed by atoms with Crippen LogP contribution in [0.25, 0.3) is 6.08 Å². The van der Waals surface area contributed by atoms with Gasteiger partial charge in [0.25, 0.3) is 5.56 Å². The third-order valence-corrected chi connectivity index (χ3v) is 6.71. The smallest absolute Gasteiger partial charge is 0.338 e. The third-order valence-electron chi connectivity index (χ3n) is 5.73. The lowest BCUT2D eigenvalue weighted by molar-refractivity contribution is -0.139. The van der Waals surface area contributed by atoms with Crippen LogP contribution in [0.15, 0.2) is 57.5 Å². The van der Waals surface area contributed by atoms with Gasteiger partial charge >= 0.3 is 5.97 Å². The van der Waals surface area contributed by atoms with E-state index in [9.17, 15) is 14.7 Å². The maximum absolute atomic E-state index is 13.6. The van der Waals surface area contributed by atoms with Gasteiger partial charge in [0.05, 0.1) is 35.6 Å². The number of fused-ring (bicyclic) bond motifs is 2. The largest absolute Gasteiger partial charge is 0.504 e. The standard InChI is InChI=1S/C25H22N2O7S/c1-4-32-24(30)21-13(2)26-25-27(22(21)15-6-8-18-19(11-15)34-12-33-18)23(29)20(35-25)10-14-5-7-17(31-3)16(28)9-14/h5-11,22,28H,4,12H2,1-3H3/b20-10+. The lowest BCUT2D eigenvalue weighted by atomic mass is 9.95. The van der Waals surface area contributed by atoms with Crippen LogP contribution >= 0.6 is 11.3 Å². The molecule has 0 fully saturated rings. The minimum atomic E-state index is -0.758. The quantitative estimate of drug-likeness (QED) is 0.542. The molecular formula is C25H22N2O7S. The highest BCUT2D eigenvalue weighted by Gasteiger charge is 2.34. The van der Waals surface area contributed by atoms with Gasteiger partial charge in [0.2, 0.25) is 6.79 Å². The Kier molecular flexibility index (Phi) is 5.81. The summed E-state index contributed by atoms with van der Waals surface area (Å²) in [6, 6.07) is 9.44. The van der Waals surface area contributed by atoms with Gasteiger partial charge in [-0.05, 0) is 55.3 Å². The van der Waals surface area contributed by atoms with Crippen LogP contribution in [-0.2, 0) is 9.53 Å². The summed E-state index contributed by atoms with van der Waals surface area (Å²) in [4.78, 5) is 31.6. The van der Waals surface area contributed by atoms with E-state index in [0.29, 0.717) is 43.4 Å². The number of phenols is 1. The first-order valence-electron chi connectivity index (χ1n) is 10.9. The number of aromatic hydroxyl groups is 1. The molecule has 0 radical (unpaired) electrons. The Morgan fingerprint density at radius 1 is 1.26 bits per heavy atom. The molecule has 10 heteroatoms. The zero-order chi connectivity index (χ0) is 24.7. The van der Waals surface area contributed by atoms with E-state index in [4.69, 9.17) is 18.9 Å². The summed E-state index contributed by atoms with van der Waals surface area (Å²) in [7, 11) is 1.46. The molecule has 0 amide bonds. The Balaban J connectivity index is 1.70. The second-order valence-electron chi connectivity index (χ2n) is 7.85. The number of allylic oxidation sites excluding steroid dienone is 1. The zero-order valence-electron chi connectivity index (χ0n) is 19.2. The molecule has 1 N–H and O–H groups in total. The van der Waals surface area contributed by atoms with E-state index in [1.807, 2.05) is 0 Å². The molecule has 0 spiro atoms. The van der Waals surface area contributed by atoms with Crippen molar-refractivity contribution in [1.82, 2.24) is 4.57 Å². The topological polar surface area (TPSA) is 109 Å². The molecule has 2 aliphatic heterocycles. The van der Waals surface area contributed by atoms with Crippen molar-refractivity contribution < 1.29 is 28.8 Å². The molecule has 1 aromatic heterocycles. The van der Waals surface area contributed by atoms with E-state index in [1.54, 1.807) is 50.3 Å². The van der Waals surface area contributed by atoms with Crippen LogP contribution in [-0.4, -0.2) is 36.2 Å². The fourth-order valence-corrected chi connectivity index (χ4v) is 5.18. The van der Waals surface area contributed by atoms with Crippen LogP contribution in [0.4, 0.5) is 0 Å². The van der Waals surface area contributed by atoms with Crippen molar-refractivity contribution in [1.29, 1.82) is 0 Å². The molecule has 1 atom stereocenters. The van der Waals surface area contributed by atoms with Crippen LogP contribution in [0, 0.1) is 0 Å². The van der Waals surface area contributed by atoms with Crippen molar-refractivity contribution in [3.05, 3.63) is 78.5 Å². The van der Waals surface area contributed by atoms with Gasteiger partial charge in [0, 0.05) is 0 Å². The van der Waals surface area contributed by atoms with Crippen LogP contribution in [0.3, 0.4) is 0 Å². The summed E-state index contributed by atoms with van der Waals surface area (Å²) >= 11 is 1.20. The van der Waals surface area contributed by atoms with E-state index in [0.717, 1.165) is 0 Å². The van der Waals surface area contributed by atoms with Crippen LogP contribution in [0.2, 0.25) is 0 Å². The predicted molar refractivity (Wildman–Crippen MR) is 128 cm³/mol.